The third-order valence-corrected chi connectivity index (χ3v) is 3.02. The Morgan fingerprint density at radius 1 is 1.24 bits per heavy atom. The maximum atomic E-state index is 13.4. The quantitative estimate of drug-likeness (QED) is 0.830. The molecule has 0 saturated heterocycles. The minimum absolute atomic E-state index is 0.112. The van der Waals surface area contributed by atoms with Gasteiger partial charge < -0.3 is 15.8 Å². The van der Waals surface area contributed by atoms with Crippen LogP contribution in [0.4, 0.5) is 15.8 Å². The first kappa shape index (κ1) is 15.0. The van der Waals surface area contributed by atoms with Crippen LogP contribution in [-0.4, -0.2) is 12.5 Å². The van der Waals surface area contributed by atoms with Crippen molar-refractivity contribution in [3.63, 3.8) is 0 Å². The SMILES string of the molecule is CCOCc1ccccc1NC(=O)c1cccc(F)c1N. The maximum Gasteiger partial charge on any atom is 0.257 e. The average molecular weight is 288 g/mol. The van der Waals surface area contributed by atoms with Gasteiger partial charge in [0.25, 0.3) is 5.91 Å². The summed E-state index contributed by atoms with van der Waals surface area (Å²) in [7, 11) is 0. The van der Waals surface area contributed by atoms with Crippen molar-refractivity contribution >= 4 is 17.3 Å². The number of carbonyl (C=O) groups is 1. The molecule has 2 rings (SSSR count). The number of nitrogens with two attached hydrogens (primary N) is 1. The summed E-state index contributed by atoms with van der Waals surface area (Å²) in [4.78, 5) is 12.2. The molecule has 2 aromatic carbocycles. The number of benzene rings is 2. The van der Waals surface area contributed by atoms with Gasteiger partial charge in [-0.15, -0.1) is 0 Å². The zero-order chi connectivity index (χ0) is 15.2. The second kappa shape index (κ2) is 6.85. The van der Waals surface area contributed by atoms with Crippen molar-refractivity contribution in [2.45, 2.75) is 13.5 Å². The van der Waals surface area contributed by atoms with E-state index >= 15 is 0 Å². The van der Waals surface area contributed by atoms with Crippen molar-refractivity contribution in [1.82, 2.24) is 0 Å². The van der Waals surface area contributed by atoms with Crippen LogP contribution in [-0.2, 0) is 11.3 Å². The first-order valence-corrected chi connectivity index (χ1v) is 6.64. The molecule has 0 spiro atoms. The molecule has 0 aliphatic rings. The number of halogens is 1. The molecule has 0 saturated carbocycles. The number of ether oxygens (including phenoxy) is 1. The number of hydrogen-bond acceptors (Lipinski definition) is 3. The van der Waals surface area contributed by atoms with Crippen LogP contribution in [0.1, 0.15) is 22.8 Å². The number of anilines is 2. The van der Waals surface area contributed by atoms with Gasteiger partial charge >= 0.3 is 0 Å². The molecule has 0 radical (unpaired) electrons. The standard InChI is InChI=1S/C16H17FN2O2/c1-2-21-10-11-6-3-4-9-14(11)19-16(20)12-7-5-8-13(17)15(12)18/h3-9H,2,10,18H2,1H3,(H,19,20). The summed E-state index contributed by atoms with van der Waals surface area (Å²) >= 11 is 0. The number of para-hydroxylation sites is 2. The molecule has 2 aromatic rings. The Morgan fingerprint density at radius 2 is 2.00 bits per heavy atom. The Labute approximate surface area is 122 Å². The number of amides is 1. The van der Waals surface area contributed by atoms with Crippen molar-refractivity contribution < 1.29 is 13.9 Å². The highest BCUT2D eigenvalue weighted by molar-refractivity contribution is 6.08. The maximum absolute atomic E-state index is 13.4. The van der Waals surface area contributed by atoms with Gasteiger partial charge in [0.05, 0.1) is 17.9 Å². The molecule has 3 N–H and O–H groups in total. The van der Waals surface area contributed by atoms with Crippen LogP contribution in [0.5, 0.6) is 0 Å². The second-order valence-corrected chi connectivity index (χ2v) is 4.45. The normalized spacial score (nSPS) is 10.4. The highest BCUT2D eigenvalue weighted by Gasteiger charge is 2.14. The Hall–Kier alpha value is -2.40. The molecule has 0 fully saturated rings. The van der Waals surface area contributed by atoms with Gasteiger partial charge in [0.15, 0.2) is 0 Å². The molecule has 0 heterocycles. The number of hydrogen-bond donors (Lipinski definition) is 2. The summed E-state index contributed by atoms with van der Waals surface area (Å²) < 4.78 is 18.8. The van der Waals surface area contributed by atoms with Gasteiger partial charge in [0.2, 0.25) is 0 Å². The second-order valence-electron chi connectivity index (χ2n) is 4.45. The minimum Gasteiger partial charge on any atom is -0.396 e. The zero-order valence-corrected chi connectivity index (χ0v) is 11.7. The average Bonchev–Trinajstić information content (AvgIpc) is 2.49. The predicted octanol–water partition coefficient (Wildman–Crippen LogP) is 3.20. The lowest BCUT2D eigenvalue weighted by atomic mass is 10.1. The molecule has 0 aromatic heterocycles. The van der Waals surface area contributed by atoms with E-state index in [4.69, 9.17) is 10.5 Å². The van der Waals surface area contributed by atoms with Gasteiger partial charge in [-0.2, -0.15) is 0 Å². The van der Waals surface area contributed by atoms with Crippen LogP contribution in [0.3, 0.4) is 0 Å². The fourth-order valence-corrected chi connectivity index (χ4v) is 1.90. The Morgan fingerprint density at radius 3 is 2.76 bits per heavy atom. The van der Waals surface area contributed by atoms with E-state index in [0.717, 1.165) is 5.56 Å². The summed E-state index contributed by atoms with van der Waals surface area (Å²) in [6.07, 6.45) is 0. The molecule has 110 valence electrons. The number of nitrogens with one attached hydrogen (secondary N) is 1. The van der Waals surface area contributed by atoms with Gasteiger partial charge in [0, 0.05) is 17.9 Å². The lowest BCUT2D eigenvalue weighted by Gasteiger charge is -2.12. The summed E-state index contributed by atoms with van der Waals surface area (Å²) in [5.74, 6) is -1.05. The predicted molar refractivity (Wildman–Crippen MR) is 80.5 cm³/mol. The Bertz CT molecular complexity index is 644. The van der Waals surface area contributed by atoms with Crippen LogP contribution >= 0.6 is 0 Å². The molecule has 0 aliphatic heterocycles. The monoisotopic (exact) mass is 288 g/mol. The summed E-state index contributed by atoms with van der Waals surface area (Å²) in [6, 6.07) is 11.4. The van der Waals surface area contributed by atoms with E-state index in [-0.39, 0.29) is 11.3 Å². The van der Waals surface area contributed by atoms with Gasteiger partial charge in [-0.25, -0.2) is 4.39 Å². The van der Waals surface area contributed by atoms with Gasteiger partial charge in [-0.1, -0.05) is 24.3 Å². The Kier molecular flexibility index (Phi) is 4.90. The molecule has 1 amide bonds. The van der Waals surface area contributed by atoms with E-state index in [1.54, 1.807) is 12.1 Å². The summed E-state index contributed by atoms with van der Waals surface area (Å²) in [5.41, 5.74) is 7.03. The Balaban J connectivity index is 2.22. The highest BCUT2D eigenvalue weighted by Crippen LogP contribution is 2.20. The van der Waals surface area contributed by atoms with Crippen molar-refractivity contribution in [2.75, 3.05) is 17.7 Å². The van der Waals surface area contributed by atoms with Crippen molar-refractivity contribution in [1.29, 1.82) is 0 Å². The molecular weight excluding hydrogens is 271 g/mol. The third-order valence-electron chi connectivity index (χ3n) is 3.02. The first-order chi connectivity index (χ1) is 10.1. The zero-order valence-electron chi connectivity index (χ0n) is 11.7. The lowest BCUT2D eigenvalue weighted by molar-refractivity contribution is 0.102. The summed E-state index contributed by atoms with van der Waals surface area (Å²) in [6.45, 7) is 2.87. The fourth-order valence-electron chi connectivity index (χ4n) is 1.90. The van der Waals surface area contributed by atoms with Crippen molar-refractivity contribution in [2.24, 2.45) is 0 Å². The van der Waals surface area contributed by atoms with E-state index in [0.29, 0.717) is 18.9 Å². The van der Waals surface area contributed by atoms with E-state index < -0.39 is 11.7 Å². The van der Waals surface area contributed by atoms with Gasteiger partial charge in [0.1, 0.15) is 5.82 Å². The molecule has 0 unspecified atom stereocenters. The molecule has 5 heteroatoms. The van der Waals surface area contributed by atoms with E-state index in [2.05, 4.69) is 5.32 Å². The third kappa shape index (κ3) is 3.58. The summed E-state index contributed by atoms with van der Waals surface area (Å²) in [5, 5.41) is 2.74. The number of rotatable bonds is 5. The van der Waals surface area contributed by atoms with Crippen LogP contribution < -0.4 is 11.1 Å². The molecule has 0 aliphatic carbocycles. The number of nitrogen functional groups attached to an aromatic ring is 1. The highest BCUT2D eigenvalue weighted by atomic mass is 19.1. The van der Waals surface area contributed by atoms with E-state index in [9.17, 15) is 9.18 Å². The van der Waals surface area contributed by atoms with Crippen LogP contribution in [0, 0.1) is 5.82 Å². The molecule has 0 bridgehead atoms. The lowest BCUT2D eigenvalue weighted by Crippen LogP contribution is -2.16. The van der Waals surface area contributed by atoms with Crippen molar-refractivity contribution in [3.8, 4) is 0 Å². The van der Waals surface area contributed by atoms with E-state index in [1.165, 1.54) is 18.2 Å². The smallest absolute Gasteiger partial charge is 0.257 e. The first-order valence-electron chi connectivity index (χ1n) is 6.64. The molecule has 21 heavy (non-hydrogen) atoms. The molecule has 0 atom stereocenters. The molecule has 4 nitrogen and oxygen atoms in total. The molecular formula is C16H17FN2O2. The topological polar surface area (TPSA) is 64.3 Å². The minimum atomic E-state index is -0.606. The number of carbonyl (C=O) groups excluding carboxylic acids is 1. The van der Waals surface area contributed by atoms with Gasteiger partial charge in [-0.3, -0.25) is 4.79 Å². The van der Waals surface area contributed by atoms with E-state index in [1.807, 2.05) is 19.1 Å². The van der Waals surface area contributed by atoms with Gasteiger partial charge in [-0.05, 0) is 25.1 Å². The van der Waals surface area contributed by atoms with Crippen LogP contribution in [0.15, 0.2) is 42.5 Å². The fraction of sp³-hybridized carbons (Fsp3) is 0.188. The van der Waals surface area contributed by atoms with Crippen molar-refractivity contribution in [3.05, 3.63) is 59.4 Å². The van der Waals surface area contributed by atoms with Crippen LogP contribution in [0.2, 0.25) is 0 Å². The largest absolute Gasteiger partial charge is 0.396 e. The van der Waals surface area contributed by atoms with Crippen LogP contribution in [0.25, 0.3) is 0 Å².